The molecule has 3 aromatic rings. The van der Waals surface area contributed by atoms with Gasteiger partial charge in [0, 0.05) is 10.4 Å². The number of hydrogen-bond donors (Lipinski definition) is 0. The topological polar surface area (TPSA) is 57.0 Å². The van der Waals surface area contributed by atoms with Gasteiger partial charge in [-0.25, -0.2) is 4.39 Å². The first-order chi connectivity index (χ1) is 13.5. The van der Waals surface area contributed by atoms with Crippen molar-refractivity contribution in [3.8, 4) is 5.00 Å². The zero-order valence-corrected chi connectivity index (χ0v) is 16.3. The molecule has 0 radical (unpaired) electrons. The SMILES string of the molecule is Cc1sc2c(c1C1(C=O)C=CCc3cc(F)ccc31)COCc1nnc(C)n1-2. The lowest BCUT2D eigenvalue weighted by Gasteiger charge is -2.32. The summed E-state index contributed by atoms with van der Waals surface area (Å²) >= 11 is 1.61. The van der Waals surface area contributed by atoms with Crippen molar-refractivity contribution in [3.05, 3.63) is 74.9 Å². The molecule has 0 fully saturated rings. The van der Waals surface area contributed by atoms with Crippen molar-refractivity contribution in [1.82, 2.24) is 14.8 Å². The Hall–Kier alpha value is -2.64. The van der Waals surface area contributed by atoms with Crippen LogP contribution in [0.15, 0.2) is 30.4 Å². The van der Waals surface area contributed by atoms with Gasteiger partial charge in [0.15, 0.2) is 5.82 Å². The number of carbonyl (C=O) groups is 1. The van der Waals surface area contributed by atoms with Crippen LogP contribution in [0.1, 0.15) is 38.8 Å². The van der Waals surface area contributed by atoms with Crippen LogP contribution in [-0.4, -0.2) is 21.1 Å². The molecule has 3 heterocycles. The molecule has 5 rings (SSSR count). The third-order valence-electron chi connectivity index (χ3n) is 5.57. The second-order valence-corrected chi connectivity index (χ2v) is 8.41. The average molecular weight is 395 g/mol. The van der Waals surface area contributed by atoms with Crippen molar-refractivity contribution in [1.29, 1.82) is 0 Å². The predicted molar refractivity (Wildman–Crippen MR) is 103 cm³/mol. The van der Waals surface area contributed by atoms with Crippen LogP contribution in [0, 0.1) is 19.7 Å². The Morgan fingerprint density at radius 1 is 1.29 bits per heavy atom. The van der Waals surface area contributed by atoms with Gasteiger partial charge in [-0.05, 0) is 49.1 Å². The minimum atomic E-state index is -0.953. The van der Waals surface area contributed by atoms with Crippen LogP contribution in [-0.2, 0) is 34.6 Å². The van der Waals surface area contributed by atoms with E-state index in [1.807, 2.05) is 30.6 Å². The molecule has 1 atom stereocenters. The summed E-state index contributed by atoms with van der Waals surface area (Å²) in [5.74, 6) is 1.25. The zero-order valence-electron chi connectivity index (χ0n) is 15.5. The molecule has 142 valence electrons. The maximum absolute atomic E-state index is 13.8. The van der Waals surface area contributed by atoms with E-state index < -0.39 is 5.41 Å². The normalized spacial score (nSPS) is 20.2. The van der Waals surface area contributed by atoms with E-state index in [4.69, 9.17) is 4.74 Å². The molecule has 0 amide bonds. The molecule has 0 saturated carbocycles. The second kappa shape index (κ2) is 6.18. The molecule has 1 aromatic carbocycles. The van der Waals surface area contributed by atoms with E-state index in [2.05, 4.69) is 10.2 Å². The number of rotatable bonds is 2. The van der Waals surface area contributed by atoms with E-state index in [9.17, 15) is 9.18 Å². The molecular formula is C21H18FN3O2S. The molecule has 0 N–H and O–H groups in total. The lowest BCUT2D eigenvalue weighted by Crippen LogP contribution is -2.32. The molecule has 2 aromatic heterocycles. The van der Waals surface area contributed by atoms with E-state index in [-0.39, 0.29) is 5.82 Å². The summed E-state index contributed by atoms with van der Waals surface area (Å²) in [6, 6.07) is 4.68. The molecule has 0 saturated heterocycles. The number of fused-ring (bicyclic) bond motifs is 4. The van der Waals surface area contributed by atoms with Gasteiger partial charge in [0.05, 0.1) is 12.0 Å². The molecular weight excluding hydrogens is 377 g/mol. The van der Waals surface area contributed by atoms with Gasteiger partial charge in [-0.15, -0.1) is 21.5 Å². The highest BCUT2D eigenvalue weighted by Gasteiger charge is 2.41. The Morgan fingerprint density at radius 2 is 2.14 bits per heavy atom. The number of carbonyl (C=O) groups excluding carboxylic acids is 1. The highest BCUT2D eigenvalue weighted by atomic mass is 32.1. The number of aryl methyl sites for hydroxylation is 2. The highest BCUT2D eigenvalue weighted by Crippen LogP contribution is 2.46. The third kappa shape index (κ3) is 2.29. The van der Waals surface area contributed by atoms with Crippen molar-refractivity contribution >= 4 is 17.6 Å². The molecule has 28 heavy (non-hydrogen) atoms. The lowest BCUT2D eigenvalue weighted by atomic mass is 9.69. The minimum Gasteiger partial charge on any atom is -0.369 e. The summed E-state index contributed by atoms with van der Waals surface area (Å²) in [7, 11) is 0. The van der Waals surface area contributed by atoms with Crippen LogP contribution >= 0.6 is 11.3 Å². The van der Waals surface area contributed by atoms with Gasteiger partial charge >= 0.3 is 0 Å². The molecule has 0 spiro atoms. The van der Waals surface area contributed by atoms with Crippen LogP contribution < -0.4 is 0 Å². The fourth-order valence-electron chi connectivity index (χ4n) is 4.42. The minimum absolute atomic E-state index is 0.289. The molecule has 7 heteroatoms. The number of aldehydes is 1. The zero-order chi connectivity index (χ0) is 19.5. The number of ether oxygens (including phenoxy) is 1. The Balaban J connectivity index is 1.81. The summed E-state index contributed by atoms with van der Waals surface area (Å²) in [6.45, 7) is 4.68. The van der Waals surface area contributed by atoms with Crippen LogP contribution in [0.3, 0.4) is 0 Å². The van der Waals surface area contributed by atoms with E-state index >= 15 is 0 Å². The first-order valence-corrected chi connectivity index (χ1v) is 9.91. The number of halogens is 1. The van der Waals surface area contributed by atoms with E-state index in [1.54, 1.807) is 17.4 Å². The Bertz CT molecular complexity index is 1150. The van der Waals surface area contributed by atoms with Crippen molar-refractivity contribution in [3.63, 3.8) is 0 Å². The Kier molecular flexibility index (Phi) is 3.86. The molecule has 5 nitrogen and oxygen atoms in total. The number of aromatic nitrogens is 3. The Morgan fingerprint density at radius 3 is 2.96 bits per heavy atom. The van der Waals surface area contributed by atoms with E-state index in [1.165, 1.54) is 12.1 Å². The second-order valence-electron chi connectivity index (χ2n) is 7.20. The summed E-state index contributed by atoms with van der Waals surface area (Å²) in [5, 5.41) is 9.40. The number of hydrogen-bond acceptors (Lipinski definition) is 5. The van der Waals surface area contributed by atoms with Crippen molar-refractivity contribution in [2.45, 2.75) is 38.9 Å². The van der Waals surface area contributed by atoms with Crippen molar-refractivity contribution in [2.24, 2.45) is 0 Å². The largest absolute Gasteiger partial charge is 0.369 e. The summed E-state index contributed by atoms with van der Waals surface area (Å²) < 4.78 is 21.7. The van der Waals surface area contributed by atoms with Crippen LogP contribution in [0.2, 0.25) is 0 Å². The smallest absolute Gasteiger partial charge is 0.164 e. The van der Waals surface area contributed by atoms with Gasteiger partial charge in [-0.2, -0.15) is 0 Å². The van der Waals surface area contributed by atoms with Crippen LogP contribution in [0.5, 0.6) is 0 Å². The monoisotopic (exact) mass is 395 g/mol. The van der Waals surface area contributed by atoms with Crippen molar-refractivity contribution < 1.29 is 13.9 Å². The fraction of sp³-hybridized carbons (Fsp3) is 0.286. The standard InChI is InChI=1S/C21H18FN3O2S/c1-12-19(16-9-27-10-18-24-23-13(2)25(18)20(16)28-12)21(11-26)7-3-4-14-8-15(22)5-6-17(14)21/h3,5-8,11H,4,9-10H2,1-2H3. The average Bonchev–Trinajstić information content (AvgIpc) is 3.14. The Labute approximate surface area is 165 Å². The number of nitrogens with zero attached hydrogens (tertiary/aromatic N) is 3. The van der Waals surface area contributed by atoms with Gasteiger partial charge in [-0.1, -0.05) is 18.2 Å². The van der Waals surface area contributed by atoms with Crippen molar-refractivity contribution in [2.75, 3.05) is 0 Å². The quantitative estimate of drug-likeness (QED) is 0.490. The summed E-state index contributed by atoms with van der Waals surface area (Å²) in [6.07, 6.45) is 5.48. The molecule has 1 unspecified atom stereocenters. The number of allylic oxidation sites excluding steroid dienone is 2. The number of benzene rings is 1. The molecule has 1 aliphatic heterocycles. The lowest BCUT2D eigenvalue weighted by molar-refractivity contribution is -0.110. The maximum Gasteiger partial charge on any atom is 0.164 e. The molecule has 1 aliphatic carbocycles. The van der Waals surface area contributed by atoms with Gasteiger partial charge < -0.3 is 9.53 Å². The van der Waals surface area contributed by atoms with Crippen LogP contribution in [0.4, 0.5) is 4.39 Å². The maximum atomic E-state index is 13.8. The fourth-order valence-corrected chi connectivity index (χ4v) is 5.71. The highest BCUT2D eigenvalue weighted by molar-refractivity contribution is 7.14. The molecule has 0 bridgehead atoms. The summed E-state index contributed by atoms with van der Waals surface area (Å²) in [4.78, 5) is 13.6. The van der Waals surface area contributed by atoms with Gasteiger partial charge in [0.2, 0.25) is 0 Å². The van der Waals surface area contributed by atoms with Gasteiger partial charge in [-0.3, -0.25) is 4.57 Å². The van der Waals surface area contributed by atoms with Gasteiger partial charge in [0.25, 0.3) is 0 Å². The first-order valence-electron chi connectivity index (χ1n) is 9.10. The number of thiophene rings is 1. The summed E-state index contributed by atoms with van der Waals surface area (Å²) in [5.41, 5.74) is 2.61. The first kappa shape index (κ1) is 17.5. The molecule has 2 aliphatic rings. The third-order valence-corrected chi connectivity index (χ3v) is 6.70. The van der Waals surface area contributed by atoms with E-state index in [0.717, 1.165) is 50.1 Å². The predicted octanol–water partition coefficient (Wildman–Crippen LogP) is 3.71. The van der Waals surface area contributed by atoms with E-state index in [0.29, 0.717) is 19.6 Å². The van der Waals surface area contributed by atoms with Crippen LogP contribution in [0.25, 0.3) is 5.00 Å². The van der Waals surface area contributed by atoms with Gasteiger partial charge in [0.1, 0.15) is 29.5 Å².